The van der Waals surface area contributed by atoms with Crippen LogP contribution in [0.15, 0.2) is 20.6 Å². The molecule has 4 aliphatic heterocycles. The Morgan fingerprint density at radius 1 is 0.440 bits per heavy atom. The van der Waals surface area contributed by atoms with Crippen LogP contribution in [-0.2, 0) is 59.1 Å². The van der Waals surface area contributed by atoms with E-state index in [0.717, 1.165) is 5.53 Å². The second kappa shape index (κ2) is 24.8. The van der Waals surface area contributed by atoms with E-state index in [9.17, 15) is 15.2 Å². The number of carbonyl (C=O) groups is 1. The number of anilines is 1. The number of rotatable bonds is 8. The third-order valence-corrected chi connectivity index (χ3v) is 18.9. The average Bonchev–Trinajstić information content (AvgIpc) is 1.31. The van der Waals surface area contributed by atoms with E-state index in [2.05, 4.69) is 15.0 Å². The van der Waals surface area contributed by atoms with E-state index < -0.39 is 338 Å². The van der Waals surface area contributed by atoms with E-state index in [1.807, 2.05) is 0 Å². The quantitative estimate of drug-likeness (QED) is 0.0603. The summed E-state index contributed by atoms with van der Waals surface area (Å²) in [5.41, 5.74) is -107. The lowest BCUT2D eigenvalue weighted by Gasteiger charge is -2.37. The van der Waals surface area contributed by atoms with Gasteiger partial charge in [0.2, 0.25) is 5.67 Å². The van der Waals surface area contributed by atoms with Crippen LogP contribution in [0.4, 0.5) is 222 Å². The van der Waals surface area contributed by atoms with Gasteiger partial charge < -0.3 is 15.0 Å². The van der Waals surface area contributed by atoms with Gasteiger partial charge in [-0.3, -0.25) is 4.57 Å². The molecule has 0 fully saturated rings. The maximum absolute atomic E-state index is 18.5. The van der Waals surface area contributed by atoms with Crippen molar-refractivity contribution < 1.29 is 230 Å². The number of aliphatic imine (C=N–C) groups is 1. The standard InChI is InChI=1S/C55H12F48N10O2S/c1-38(62,45(71,72)73)16-17(39(63,46(74,75)76)47(77,78)79)25(59)11-10(22(16)56)35-108-36-28-14(15(44(68,69)70)7(116-28)4-6(5-104)37(114)115)31(111(36)3)107-34-13-12(26(60)20(42(66,52(92,93)94)53(95,96)97)21(27(13)61)43(67,54(98,99)100)55(101,102)103)33-106-30-9-8(29(110(30)2)105-32(11)113(35)109-112(33)34)23(57)18(40(64,48(80,81)82)49(83,84)85)19(24(9)58)41(65,50(86,87)88)51(89,90)91/h4,33H,1-3H3,(H-,106,108,109,114,115)/p+2. The number of carboxylic acids is 1. The summed E-state index contributed by atoms with van der Waals surface area (Å²) in [5.74, 6) is -49.0. The van der Waals surface area contributed by atoms with Gasteiger partial charge >= 0.3 is 114 Å². The minimum absolute atomic E-state index is 0.201. The summed E-state index contributed by atoms with van der Waals surface area (Å²) in [4.78, 5) is 19.0. The predicted octanol–water partition coefficient (Wildman–Crippen LogP) is 18.9. The zero-order valence-electron chi connectivity index (χ0n) is 53.1. The number of hydrazone groups is 2. The monoisotopic (exact) mass is 1790 g/mol. The van der Waals surface area contributed by atoms with Crippen molar-refractivity contribution in [2.24, 2.45) is 29.1 Å². The van der Waals surface area contributed by atoms with E-state index in [1.165, 1.54) is 0 Å². The molecule has 10 rings (SSSR count). The minimum atomic E-state index is -8.93. The summed E-state index contributed by atoms with van der Waals surface area (Å²) in [7, 11) is -0.951. The van der Waals surface area contributed by atoms with Crippen LogP contribution in [0.3, 0.4) is 0 Å². The van der Waals surface area contributed by atoms with Gasteiger partial charge in [-0.1, -0.05) is 9.37 Å². The predicted molar refractivity (Wildman–Crippen MR) is 278 cm³/mol. The van der Waals surface area contributed by atoms with Gasteiger partial charge in [0.05, 0.1) is 59.8 Å². The third kappa shape index (κ3) is 11.3. The van der Waals surface area contributed by atoms with E-state index in [4.69, 9.17) is 0 Å². The number of benzene rings is 3. The SMILES string of the molecule is Cn1c2c3c(F)c(C(F)(C(F)(F)F)C(F)(F)F)c(C(F)(C(F)(F)F)C(F)(F)F)c(F)c3c1NC1c3c(F)c(C(F)(C(F)(F)F)C(F)(F)F)c(C(F)(C(F)(F)F)C(F)(F)F)c(F)c3C3=[N+]1N[N+]1=C(N=c4c5sc(C=C(C#N)C(=O)O)c(C(F)(F)F)c5c(n4C)=N3)c3c(F)c(C(C)(F)C(F)(F)F)c(C(F)(C(F)(F)F)C(F)(F)F)c(F)c3C1=N2. The molecule has 4 aliphatic rings. The molecular weight excluding hydrogens is 1780 g/mol. The number of hydrazine groups is 2. The van der Waals surface area contributed by atoms with Crippen molar-refractivity contribution in [3.8, 4) is 6.07 Å². The second-order valence-corrected chi connectivity index (χ2v) is 25.4. The van der Waals surface area contributed by atoms with E-state index in [0.29, 0.717) is 11.4 Å². The highest BCUT2D eigenvalue weighted by Gasteiger charge is 2.85. The highest BCUT2D eigenvalue weighted by molar-refractivity contribution is 7.20. The molecule has 3 aromatic heterocycles. The fraction of sp³-hybridized carbons (Fsp3) is 0.400. The van der Waals surface area contributed by atoms with Crippen molar-refractivity contribution in [3.05, 3.63) is 118 Å². The number of hydrogen-bond acceptors (Lipinski definition) is 8. The van der Waals surface area contributed by atoms with Gasteiger partial charge in [-0.25, -0.2) is 57.5 Å². The molecule has 0 saturated heterocycles. The number of aliphatic carboxylic acids is 1. The molecule has 6 aromatic rings. The Kier molecular flexibility index (Phi) is 18.9. The Bertz CT molecular complexity index is 5550. The number of nitrogens with one attached hydrogen (secondary N) is 2. The van der Waals surface area contributed by atoms with E-state index >= 15 is 211 Å². The van der Waals surface area contributed by atoms with Crippen LogP contribution in [0.1, 0.15) is 79.2 Å². The number of aromatic nitrogens is 2. The summed E-state index contributed by atoms with van der Waals surface area (Å²) in [6.07, 6.45) is -107. The number of hydrogen-bond donors (Lipinski definition) is 3. The molecular formula is C55H14F48N10O2S+2. The summed E-state index contributed by atoms with van der Waals surface area (Å²) < 4.78 is 751. The lowest BCUT2D eigenvalue weighted by molar-refractivity contribution is -0.786. The molecule has 6 bridgehead atoms. The van der Waals surface area contributed by atoms with Crippen LogP contribution in [0, 0.1) is 46.2 Å². The lowest BCUT2D eigenvalue weighted by Crippen LogP contribution is -2.57. The highest BCUT2D eigenvalue weighted by Crippen LogP contribution is 2.68. The van der Waals surface area contributed by atoms with Crippen LogP contribution >= 0.6 is 11.3 Å². The van der Waals surface area contributed by atoms with E-state index in [1.54, 1.807) is 0 Å². The van der Waals surface area contributed by atoms with Crippen LogP contribution in [0.25, 0.3) is 26.9 Å². The van der Waals surface area contributed by atoms with Gasteiger partial charge in [-0.2, -0.15) is 173 Å². The van der Waals surface area contributed by atoms with E-state index in [-0.39, 0.29) is 7.05 Å². The Morgan fingerprint density at radius 3 is 1.16 bits per heavy atom. The van der Waals surface area contributed by atoms with Crippen LogP contribution < -0.4 is 21.8 Å². The third-order valence-electron chi connectivity index (χ3n) is 17.8. The molecule has 636 valence electrons. The number of amidine groups is 3. The first-order valence-corrected chi connectivity index (χ1v) is 29.4. The van der Waals surface area contributed by atoms with Crippen LogP contribution in [0.2, 0.25) is 0 Å². The zero-order valence-corrected chi connectivity index (χ0v) is 54.0. The van der Waals surface area contributed by atoms with Crippen LogP contribution in [-0.4, -0.2) is 115 Å². The van der Waals surface area contributed by atoms with Gasteiger partial charge in [-0.15, -0.1) is 11.3 Å². The summed E-state index contributed by atoms with van der Waals surface area (Å²) in [6.45, 7) is -1.57. The maximum Gasteiger partial charge on any atom is 0.436 e. The molecule has 12 nitrogen and oxygen atoms in total. The zero-order chi connectivity index (χ0) is 89.4. The van der Waals surface area contributed by atoms with Crippen molar-refractivity contribution in [2.75, 3.05) is 5.32 Å². The highest BCUT2D eigenvalue weighted by atomic mass is 32.1. The van der Waals surface area contributed by atoms with Gasteiger partial charge in [0.25, 0.3) is 23.3 Å². The molecule has 0 aliphatic carbocycles. The topological polar surface area (TPSA) is 138 Å². The molecule has 3 N–H and O–H groups in total. The summed E-state index contributed by atoms with van der Waals surface area (Å²) in [6, 6.07) is 0.640. The van der Waals surface area contributed by atoms with Gasteiger partial charge in [0.15, 0.2) is 5.49 Å². The van der Waals surface area contributed by atoms with Crippen molar-refractivity contribution in [2.45, 2.75) is 121 Å². The molecule has 2 unspecified atom stereocenters. The number of carboxylic acid groups (broad SMARTS) is 1. The number of alkyl halides is 42. The largest absolute Gasteiger partial charge is 0.477 e. The summed E-state index contributed by atoms with van der Waals surface area (Å²) in [5, 5.41) is 9.64. The van der Waals surface area contributed by atoms with Crippen LogP contribution in [0.5, 0.6) is 0 Å². The van der Waals surface area contributed by atoms with Gasteiger partial charge in [0, 0.05) is 29.5 Å². The molecule has 3 aromatic carbocycles. The molecule has 7 heterocycles. The number of halogens is 48. The molecule has 0 radical (unpaired) electrons. The molecule has 61 heteroatoms. The Labute approximate surface area is 602 Å². The first-order chi connectivity index (χ1) is 51.5. The fourth-order valence-corrected chi connectivity index (χ4v) is 13.9. The van der Waals surface area contributed by atoms with Gasteiger partial charge in [0.1, 0.15) is 74.9 Å². The number of thiophene rings is 1. The second-order valence-electron chi connectivity index (χ2n) is 24.3. The Morgan fingerprint density at radius 2 is 0.793 bits per heavy atom. The Hall–Kier alpha value is -10.0. The molecule has 0 spiro atoms. The molecule has 0 amide bonds. The first kappa shape index (κ1) is 88.4. The number of fused-ring (bicyclic) bond motifs is 16. The molecule has 2 atom stereocenters. The lowest BCUT2D eigenvalue weighted by atomic mass is 9.78. The average molecular weight is 1790 g/mol. The molecule has 0 saturated carbocycles. The van der Waals surface area contributed by atoms with Crippen molar-refractivity contribution in [1.29, 1.82) is 5.26 Å². The van der Waals surface area contributed by atoms with Crippen molar-refractivity contribution >= 4 is 73.4 Å². The molecule has 116 heavy (non-hydrogen) atoms. The number of nitrogens with zero attached hydrogens (tertiary/aromatic N) is 8. The smallest absolute Gasteiger partial charge is 0.436 e. The fourth-order valence-electron chi connectivity index (χ4n) is 12.6. The minimum Gasteiger partial charge on any atom is -0.477 e. The first-order valence-electron chi connectivity index (χ1n) is 28.5. The summed E-state index contributed by atoms with van der Waals surface area (Å²) >= 11 is -1.02. The normalized spacial score (nSPS) is 17.4. The number of nitriles is 1. The maximum atomic E-state index is 18.5. The van der Waals surface area contributed by atoms with Gasteiger partial charge in [-0.05, 0) is 18.5 Å². The Balaban J connectivity index is 1.73. The van der Waals surface area contributed by atoms with Crippen molar-refractivity contribution in [1.82, 2.24) is 14.7 Å². The van der Waals surface area contributed by atoms with Crippen molar-refractivity contribution in [3.63, 3.8) is 0 Å².